The molecule has 0 amide bonds. The standard InChI is InChI=1S/C8H6F3N3/c1-3-5-4(2)13-7(8(9,10)11)14-6(5)12/h1H,2H3,(H2,12,13,14). The van der Waals surface area contributed by atoms with Crippen LogP contribution >= 0.6 is 0 Å². The summed E-state index contributed by atoms with van der Waals surface area (Å²) in [4.78, 5) is 6.29. The molecule has 0 spiro atoms. The lowest BCUT2D eigenvalue weighted by Crippen LogP contribution is -2.14. The van der Waals surface area contributed by atoms with Crippen molar-refractivity contribution in [2.24, 2.45) is 0 Å². The largest absolute Gasteiger partial charge is 0.451 e. The third-order valence-corrected chi connectivity index (χ3v) is 1.52. The van der Waals surface area contributed by atoms with Crippen molar-refractivity contribution in [1.29, 1.82) is 0 Å². The molecular weight excluding hydrogens is 195 g/mol. The monoisotopic (exact) mass is 201 g/mol. The maximum absolute atomic E-state index is 12.2. The second-order valence-electron chi connectivity index (χ2n) is 2.53. The van der Waals surface area contributed by atoms with E-state index in [-0.39, 0.29) is 17.1 Å². The van der Waals surface area contributed by atoms with Crippen LogP contribution in [0.25, 0.3) is 0 Å². The molecule has 0 bridgehead atoms. The van der Waals surface area contributed by atoms with E-state index in [2.05, 4.69) is 15.9 Å². The van der Waals surface area contributed by atoms with E-state index in [4.69, 9.17) is 12.2 Å². The molecule has 2 N–H and O–H groups in total. The molecule has 1 aromatic heterocycles. The summed E-state index contributed by atoms with van der Waals surface area (Å²) in [5, 5.41) is 0. The third kappa shape index (κ3) is 1.76. The first-order chi connectivity index (χ1) is 6.36. The SMILES string of the molecule is C#Cc1c(C)nc(C(F)(F)F)nc1N. The number of aromatic nitrogens is 2. The lowest BCUT2D eigenvalue weighted by molar-refractivity contribution is -0.145. The average Bonchev–Trinajstić information content (AvgIpc) is 2.01. The molecule has 6 heteroatoms. The van der Waals surface area contributed by atoms with Crippen molar-refractivity contribution >= 4 is 5.82 Å². The number of terminal acetylenes is 1. The Kier molecular flexibility index (Phi) is 2.34. The number of rotatable bonds is 0. The van der Waals surface area contributed by atoms with Gasteiger partial charge in [0.2, 0.25) is 5.82 Å². The Balaban J connectivity index is 3.37. The van der Waals surface area contributed by atoms with Gasteiger partial charge in [-0.05, 0) is 6.92 Å². The van der Waals surface area contributed by atoms with Crippen LogP contribution in [0.3, 0.4) is 0 Å². The van der Waals surface area contributed by atoms with Crippen LogP contribution < -0.4 is 5.73 Å². The maximum Gasteiger partial charge on any atom is 0.451 e. The van der Waals surface area contributed by atoms with Gasteiger partial charge in [0.25, 0.3) is 0 Å². The van der Waals surface area contributed by atoms with E-state index in [1.54, 1.807) is 0 Å². The smallest absolute Gasteiger partial charge is 0.383 e. The predicted molar refractivity (Wildman–Crippen MR) is 44.1 cm³/mol. The summed E-state index contributed by atoms with van der Waals surface area (Å²) in [5.41, 5.74) is 5.38. The minimum Gasteiger partial charge on any atom is -0.383 e. The molecule has 0 saturated heterocycles. The van der Waals surface area contributed by atoms with Gasteiger partial charge in [-0.25, -0.2) is 9.97 Å². The van der Waals surface area contributed by atoms with Crippen LogP contribution in [0.5, 0.6) is 0 Å². The molecule has 0 aromatic carbocycles. The first-order valence-corrected chi connectivity index (χ1v) is 3.54. The normalized spacial score (nSPS) is 11.1. The van der Waals surface area contributed by atoms with E-state index in [1.807, 2.05) is 0 Å². The van der Waals surface area contributed by atoms with Crippen molar-refractivity contribution in [2.75, 3.05) is 5.73 Å². The summed E-state index contributed by atoms with van der Waals surface area (Å²) in [6, 6.07) is 0. The van der Waals surface area contributed by atoms with Gasteiger partial charge in [-0.3, -0.25) is 0 Å². The summed E-state index contributed by atoms with van der Waals surface area (Å²) in [6.45, 7) is 1.35. The van der Waals surface area contributed by atoms with Crippen LogP contribution in [0.4, 0.5) is 19.0 Å². The Morgan fingerprint density at radius 1 is 1.36 bits per heavy atom. The lowest BCUT2D eigenvalue weighted by Gasteiger charge is -2.08. The summed E-state index contributed by atoms with van der Waals surface area (Å²) in [6.07, 6.45) is 0.414. The van der Waals surface area contributed by atoms with E-state index < -0.39 is 12.0 Å². The number of hydrogen-bond donors (Lipinski definition) is 1. The molecule has 0 fully saturated rings. The number of hydrogen-bond acceptors (Lipinski definition) is 3. The van der Waals surface area contributed by atoms with Crippen molar-refractivity contribution in [3.63, 3.8) is 0 Å². The highest BCUT2D eigenvalue weighted by atomic mass is 19.4. The van der Waals surface area contributed by atoms with Gasteiger partial charge in [-0.1, -0.05) is 5.92 Å². The first-order valence-electron chi connectivity index (χ1n) is 3.54. The van der Waals surface area contributed by atoms with Crippen molar-refractivity contribution in [3.8, 4) is 12.3 Å². The molecule has 0 unspecified atom stereocenters. The summed E-state index contributed by atoms with van der Waals surface area (Å²) < 4.78 is 36.5. The minimum absolute atomic E-state index is 0.0484. The van der Waals surface area contributed by atoms with Crippen LogP contribution in [0.15, 0.2) is 0 Å². The summed E-state index contributed by atoms with van der Waals surface area (Å²) in [5.74, 6) is 0.527. The fourth-order valence-electron chi connectivity index (χ4n) is 0.900. The quantitative estimate of drug-likeness (QED) is 0.645. The minimum atomic E-state index is -4.61. The van der Waals surface area contributed by atoms with Gasteiger partial charge in [-0.15, -0.1) is 6.42 Å². The number of alkyl halides is 3. The zero-order valence-corrected chi connectivity index (χ0v) is 7.18. The maximum atomic E-state index is 12.2. The third-order valence-electron chi connectivity index (χ3n) is 1.52. The van der Waals surface area contributed by atoms with Gasteiger partial charge >= 0.3 is 6.18 Å². The molecule has 14 heavy (non-hydrogen) atoms. The number of nitrogens with zero attached hydrogens (tertiary/aromatic N) is 2. The van der Waals surface area contributed by atoms with Gasteiger partial charge in [0, 0.05) is 0 Å². The van der Waals surface area contributed by atoms with Crippen LogP contribution in [-0.4, -0.2) is 9.97 Å². The van der Waals surface area contributed by atoms with Crippen molar-refractivity contribution in [1.82, 2.24) is 9.97 Å². The summed E-state index contributed by atoms with van der Waals surface area (Å²) >= 11 is 0. The zero-order valence-electron chi connectivity index (χ0n) is 7.18. The molecule has 0 aliphatic rings. The molecule has 3 nitrogen and oxygen atoms in total. The van der Waals surface area contributed by atoms with Crippen LogP contribution in [0, 0.1) is 19.3 Å². The highest BCUT2D eigenvalue weighted by Gasteiger charge is 2.35. The van der Waals surface area contributed by atoms with Gasteiger partial charge in [0.15, 0.2) is 0 Å². The average molecular weight is 201 g/mol. The molecule has 0 aliphatic heterocycles. The Labute approximate surface area is 78.2 Å². The Hall–Kier alpha value is -1.77. The number of anilines is 1. The van der Waals surface area contributed by atoms with Crippen LogP contribution in [0.2, 0.25) is 0 Å². The summed E-state index contributed by atoms with van der Waals surface area (Å²) in [7, 11) is 0. The highest BCUT2D eigenvalue weighted by Crippen LogP contribution is 2.27. The van der Waals surface area contributed by atoms with Crippen LogP contribution in [0.1, 0.15) is 17.1 Å². The van der Waals surface area contributed by atoms with Crippen LogP contribution in [-0.2, 0) is 6.18 Å². The molecule has 1 heterocycles. The number of nitrogen functional groups attached to an aromatic ring is 1. The van der Waals surface area contributed by atoms with E-state index in [0.29, 0.717) is 0 Å². The first kappa shape index (κ1) is 10.3. The van der Waals surface area contributed by atoms with Crippen molar-refractivity contribution in [2.45, 2.75) is 13.1 Å². The Morgan fingerprint density at radius 2 is 1.93 bits per heavy atom. The molecule has 0 aliphatic carbocycles. The van der Waals surface area contributed by atoms with E-state index >= 15 is 0 Å². The van der Waals surface area contributed by atoms with Gasteiger partial charge in [0.1, 0.15) is 5.82 Å². The van der Waals surface area contributed by atoms with E-state index in [9.17, 15) is 13.2 Å². The molecule has 0 radical (unpaired) electrons. The molecule has 1 aromatic rings. The lowest BCUT2D eigenvalue weighted by atomic mass is 10.2. The predicted octanol–water partition coefficient (Wildman–Crippen LogP) is 1.37. The molecule has 74 valence electrons. The van der Waals surface area contributed by atoms with Gasteiger partial charge < -0.3 is 5.73 Å². The molecule has 0 atom stereocenters. The molecular formula is C8H6F3N3. The second kappa shape index (κ2) is 3.18. The fraction of sp³-hybridized carbons (Fsp3) is 0.250. The second-order valence-corrected chi connectivity index (χ2v) is 2.53. The van der Waals surface area contributed by atoms with Crippen molar-refractivity contribution < 1.29 is 13.2 Å². The molecule has 1 rings (SSSR count). The van der Waals surface area contributed by atoms with Crippen molar-refractivity contribution in [3.05, 3.63) is 17.1 Å². The number of nitrogens with two attached hydrogens (primary N) is 1. The topological polar surface area (TPSA) is 51.8 Å². The Bertz CT molecular complexity index is 380. The van der Waals surface area contributed by atoms with E-state index in [1.165, 1.54) is 6.92 Å². The Morgan fingerprint density at radius 3 is 2.29 bits per heavy atom. The highest BCUT2D eigenvalue weighted by molar-refractivity contribution is 5.52. The van der Waals surface area contributed by atoms with Gasteiger partial charge in [0.05, 0.1) is 11.3 Å². The molecule has 0 saturated carbocycles. The van der Waals surface area contributed by atoms with E-state index in [0.717, 1.165) is 0 Å². The number of aryl methyl sites for hydroxylation is 1. The van der Waals surface area contributed by atoms with Gasteiger partial charge in [-0.2, -0.15) is 13.2 Å². The zero-order chi connectivity index (χ0) is 10.9. The fourth-order valence-corrected chi connectivity index (χ4v) is 0.900. The number of halogens is 3.